The highest BCUT2D eigenvalue weighted by molar-refractivity contribution is 14.0. The van der Waals surface area contributed by atoms with Crippen LogP contribution in [-0.2, 0) is 11.3 Å². The molecule has 0 atom stereocenters. The van der Waals surface area contributed by atoms with Crippen LogP contribution in [0.4, 0.5) is 0 Å². The van der Waals surface area contributed by atoms with Gasteiger partial charge in [0.1, 0.15) is 0 Å². The predicted octanol–water partition coefficient (Wildman–Crippen LogP) is 2.89. The molecule has 0 amide bonds. The minimum atomic E-state index is 0. The molecule has 1 saturated heterocycles. The Morgan fingerprint density at radius 3 is 2.82 bits per heavy atom. The fourth-order valence-electron chi connectivity index (χ4n) is 2.56. The molecule has 22 heavy (non-hydrogen) atoms. The molecule has 7 heteroatoms. The zero-order valence-electron chi connectivity index (χ0n) is 13.7. The van der Waals surface area contributed by atoms with Gasteiger partial charge < -0.3 is 15.0 Å². The normalized spacial score (nSPS) is 16.2. The molecule has 0 unspecified atom stereocenters. The van der Waals surface area contributed by atoms with Gasteiger partial charge in [-0.2, -0.15) is 0 Å². The van der Waals surface area contributed by atoms with Crippen molar-refractivity contribution in [3.8, 4) is 0 Å². The minimum Gasteiger partial charge on any atom is -0.381 e. The van der Waals surface area contributed by atoms with Crippen LogP contribution in [0.3, 0.4) is 0 Å². The lowest BCUT2D eigenvalue weighted by Gasteiger charge is -2.26. The number of ether oxygens (including phenoxy) is 1. The second-order valence-corrected chi connectivity index (χ2v) is 6.47. The number of thiazole rings is 1. The third kappa shape index (κ3) is 6.00. The number of halogens is 1. The Labute approximate surface area is 154 Å². The van der Waals surface area contributed by atoms with E-state index >= 15 is 0 Å². The molecule has 1 aliphatic heterocycles. The standard InChI is InChI=1S/C15H26N4OS.HI/c1-12-14(21-11-18-12)10-17-15(16-2)19(3)7-4-13-5-8-20-9-6-13;/h11,13H,4-10H2,1-3H3,(H,16,17);1H. The maximum atomic E-state index is 5.41. The summed E-state index contributed by atoms with van der Waals surface area (Å²) in [5.74, 6) is 1.75. The molecule has 1 aromatic rings. The molecule has 2 rings (SSSR count). The first-order valence-corrected chi connectivity index (χ1v) is 8.47. The van der Waals surface area contributed by atoms with Crippen LogP contribution in [0.2, 0.25) is 0 Å². The van der Waals surface area contributed by atoms with Gasteiger partial charge in [0, 0.05) is 38.7 Å². The number of aryl methyl sites for hydroxylation is 1. The molecule has 5 nitrogen and oxygen atoms in total. The van der Waals surface area contributed by atoms with Crippen LogP contribution in [0.15, 0.2) is 10.5 Å². The van der Waals surface area contributed by atoms with Crippen LogP contribution < -0.4 is 5.32 Å². The number of nitrogens with one attached hydrogen (secondary N) is 1. The average Bonchev–Trinajstić information content (AvgIpc) is 2.92. The number of aromatic nitrogens is 1. The average molecular weight is 438 g/mol. The van der Waals surface area contributed by atoms with Gasteiger partial charge >= 0.3 is 0 Å². The molecule has 0 aliphatic carbocycles. The number of guanidine groups is 1. The Kier molecular flexibility index (Phi) is 9.27. The fourth-order valence-corrected chi connectivity index (χ4v) is 3.27. The van der Waals surface area contributed by atoms with Crippen LogP contribution in [0.25, 0.3) is 0 Å². The van der Waals surface area contributed by atoms with Crippen LogP contribution >= 0.6 is 35.3 Å². The summed E-state index contributed by atoms with van der Waals surface area (Å²) in [4.78, 5) is 12.1. The summed E-state index contributed by atoms with van der Waals surface area (Å²) in [6.07, 6.45) is 3.60. The van der Waals surface area contributed by atoms with Crippen molar-refractivity contribution in [2.75, 3.05) is 33.9 Å². The Morgan fingerprint density at radius 2 is 2.23 bits per heavy atom. The van der Waals surface area contributed by atoms with Gasteiger partial charge in [-0.3, -0.25) is 4.99 Å². The van der Waals surface area contributed by atoms with Crippen molar-refractivity contribution in [1.82, 2.24) is 15.2 Å². The lowest BCUT2D eigenvalue weighted by atomic mass is 9.96. The van der Waals surface area contributed by atoms with Crippen molar-refractivity contribution in [1.29, 1.82) is 0 Å². The molecule has 0 saturated carbocycles. The Hall–Kier alpha value is -0.410. The largest absolute Gasteiger partial charge is 0.381 e. The number of aliphatic imine (C=N–C) groups is 1. The fraction of sp³-hybridized carbons (Fsp3) is 0.733. The lowest BCUT2D eigenvalue weighted by molar-refractivity contribution is 0.0625. The monoisotopic (exact) mass is 438 g/mol. The van der Waals surface area contributed by atoms with Gasteiger partial charge in [0.25, 0.3) is 0 Å². The van der Waals surface area contributed by atoms with E-state index in [9.17, 15) is 0 Å². The first kappa shape index (κ1) is 19.6. The van der Waals surface area contributed by atoms with Crippen LogP contribution in [0.5, 0.6) is 0 Å². The van der Waals surface area contributed by atoms with Crippen molar-refractivity contribution >= 4 is 41.3 Å². The van der Waals surface area contributed by atoms with Crippen molar-refractivity contribution in [3.05, 3.63) is 16.1 Å². The van der Waals surface area contributed by atoms with Crippen LogP contribution in [0.1, 0.15) is 29.8 Å². The molecule has 0 bridgehead atoms. The highest BCUT2D eigenvalue weighted by Gasteiger charge is 2.15. The summed E-state index contributed by atoms with van der Waals surface area (Å²) in [6, 6.07) is 0. The van der Waals surface area contributed by atoms with Gasteiger partial charge in [0.05, 0.1) is 17.7 Å². The molecule has 1 aliphatic rings. The van der Waals surface area contributed by atoms with E-state index < -0.39 is 0 Å². The second-order valence-electron chi connectivity index (χ2n) is 5.53. The maximum Gasteiger partial charge on any atom is 0.193 e. The molecule has 0 radical (unpaired) electrons. The topological polar surface area (TPSA) is 49.8 Å². The van der Waals surface area contributed by atoms with Gasteiger partial charge in [-0.15, -0.1) is 35.3 Å². The van der Waals surface area contributed by atoms with Gasteiger partial charge in [-0.1, -0.05) is 0 Å². The van der Waals surface area contributed by atoms with Crippen LogP contribution in [0, 0.1) is 12.8 Å². The minimum absolute atomic E-state index is 0. The molecule has 2 heterocycles. The van der Waals surface area contributed by atoms with Gasteiger partial charge in [-0.25, -0.2) is 4.98 Å². The highest BCUT2D eigenvalue weighted by atomic mass is 127. The Morgan fingerprint density at radius 1 is 1.50 bits per heavy atom. The van der Waals surface area contributed by atoms with Crippen LogP contribution in [-0.4, -0.2) is 49.7 Å². The highest BCUT2D eigenvalue weighted by Crippen LogP contribution is 2.18. The van der Waals surface area contributed by atoms with E-state index in [0.29, 0.717) is 0 Å². The van der Waals surface area contributed by atoms with E-state index in [4.69, 9.17) is 4.74 Å². The summed E-state index contributed by atoms with van der Waals surface area (Å²) in [7, 11) is 3.95. The van der Waals surface area contributed by atoms with Gasteiger partial charge in [0.2, 0.25) is 0 Å². The van der Waals surface area contributed by atoms with E-state index in [1.54, 1.807) is 11.3 Å². The third-order valence-corrected chi connectivity index (χ3v) is 4.97. The van der Waals surface area contributed by atoms with Crippen molar-refractivity contribution < 1.29 is 4.74 Å². The Bertz CT molecular complexity index is 460. The molecule has 126 valence electrons. The zero-order valence-corrected chi connectivity index (χ0v) is 16.8. The molecule has 1 fully saturated rings. The first-order valence-electron chi connectivity index (χ1n) is 7.59. The van der Waals surface area contributed by atoms with Gasteiger partial charge in [0.15, 0.2) is 5.96 Å². The molecular formula is C15H27IN4OS. The summed E-state index contributed by atoms with van der Waals surface area (Å²) in [5, 5.41) is 3.42. The molecular weight excluding hydrogens is 411 g/mol. The molecule has 0 aromatic carbocycles. The lowest BCUT2D eigenvalue weighted by Crippen LogP contribution is -2.39. The molecule has 1 aromatic heterocycles. The van der Waals surface area contributed by atoms with Crippen molar-refractivity contribution in [3.63, 3.8) is 0 Å². The summed E-state index contributed by atoms with van der Waals surface area (Å²) in [6.45, 7) is 5.72. The summed E-state index contributed by atoms with van der Waals surface area (Å²) in [5.41, 5.74) is 3.00. The van der Waals surface area contributed by atoms with Gasteiger partial charge in [-0.05, 0) is 32.1 Å². The second kappa shape index (κ2) is 10.4. The quantitative estimate of drug-likeness (QED) is 0.437. The number of rotatable bonds is 5. The van der Waals surface area contributed by atoms with E-state index in [1.165, 1.54) is 24.1 Å². The number of nitrogens with zero attached hydrogens (tertiary/aromatic N) is 3. The zero-order chi connectivity index (χ0) is 15.1. The number of hydrogen-bond acceptors (Lipinski definition) is 4. The van der Waals surface area contributed by atoms with E-state index in [1.807, 2.05) is 19.5 Å². The van der Waals surface area contributed by atoms with E-state index in [0.717, 1.165) is 43.9 Å². The van der Waals surface area contributed by atoms with Crippen molar-refractivity contribution in [2.24, 2.45) is 10.9 Å². The first-order chi connectivity index (χ1) is 10.2. The summed E-state index contributed by atoms with van der Waals surface area (Å²) < 4.78 is 5.41. The predicted molar refractivity (Wildman–Crippen MR) is 103 cm³/mol. The van der Waals surface area contributed by atoms with Crippen molar-refractivity contribution in [2.45, 2.75) is 32.7 Å². The van der Waals surface area contributed by atoms with E-state index in [2.05, 4.69) is 27.2 Å². The van der Waals surface area contributed by atoms with E-state index in [-0.39, 0.29) is 24.0 Å². The molecule has 0 spiro atoms. The smallest absolute Gasteiger partial charge is 0.193 e. The number of hydrogen-bond donors (Lipinski definition) is 1. The Balaban J connectivity index is 0.00000242. The maximum absolute atomic E-state index is 5.41. The third-order valence-electron chi connectivity index (χ3n) is 4.04. The molecule has 1 N–H and O–H groups in total. The summed E-state index contributed by atoms with van der Waals surface area (Å²) >= 11 is 1.69. The SMILES string of the molecule is CN=C(NCc1scnc1C)N(C)CCC1CCOCC1.I.